The monoisotopic (exact) mass is 337 g/mol. The zero-order chi connectivity index (χ0) is 16.9. The maximum atomic E-state index is 12.1. The second-order valence-corrected chi connectivity index (χ2v) is 6.74. The van der Waals surface area contributed by atoms with E-state index in [9.17, 15) is 4.79 Å². The van der Waals surface area contributed by atoms with Crippen LogP contribution in [0.3, 0.4) is 0 Å². The zero-order valence-corrected chi connectivity index (χ0v) is 14.1. The number of hydrogen-bond acceptors (Lipinski definition) is 4. The summed E-state index contributed by atoms with van der Waals surface area (Å²) in [6, 6.07) is 16.9. The third-order valence-corrected chi connectivity index (χ3v) is 4.59. The van der Waals surface area contributed by atoms with Crippen molar-refractivity contribution in [1.82, 2.24) is 4.98 Å². The van der Waals surface area contributed by atoms with Gasteiger partial charge in [-0.1, -0.05) is 12.1 Å². The Kier molecular flexibility index (Phi) is 4.85. The van der Waals surface area contributed by atoms with Crippen molar-refractivity contribution in [2.24, 2.45) is 0 Å². The van der Waals surface area contributed by atoms with Crippen molar-refractivity contribution in [3.8, 4) is 6.07 Å². The molecule has 0 spiro atoms. The number of carbonyl (C=O) groups is 1. The van der Waals surface area contributed by atoms with Gasteiger partial charge < -0.3 is 10.2 Å². The number of rotatable bonds is 5. The van der Waals surface area contributed by atoms with Gasteiger partial charge in [0.2, 0.25) is 0 Å². The van der Waals surface area contributed by atoms with E-state index < -0.39 is 0 Å². The Morgan fingerprint density at radius 3 is 2.71 bits per heavy atom. The summed E-state index contributed by atoms with van der Waals surface area (Å²) in [6.07, 6.45) is 0. The maximum absolute atomic E-state index is 12.1. The summed E-state index contributed by atoms with van der Waals surface area (Å²) in [5.74, 6) is -0.0571. The fourth-order valence-electron chi connectivity index (χ4n) is 2.42. The molecule has 2 N–H and O–H groups in total. The average Bonchev–Trinajstić information content (AvgIpc) is 2.97. The minimum atomic E-state index is -0.0571. The van der Waals surface area contributed by atoms with Crippen molar-refractivity contribution in [2.45, 2.75) is 6.54 Å². The third-order valence-electron chi connectivity index (χ3n) is 3.55. The smallest absolute Gasteiger partial charge is 0.279 e. The molecule has 120 valence electrons. The number of aromatic nitrogens is 1. The number of fused-ring (bicyclic) bond motifs is 1. The van der Waals surface area contributed by atoms with Crippen LogP contribution in [0, 0.1) is 11.3 Å². The van der Waals surface area contributed by atoms with Crippen LogP contribution in [-0.4, -0.2) is 24.5 Å². The molecule has 3 rings (SSSR count). The van der Waals surface area contributed by atoms with Crippen molar-refractivity contribution in [3.05, 3.63) is 59.1 Å². The van der Waals surface area contributed by atoms with Crippen LogP contribution in [0.5, 0.6) is 0 Å². The number of nitriles is 1. The molecule has 0 aliphatic rings. The number of benzene rings is 2. The first kappa shape index (κ1) is 16.1. The highest BCUT2D eigenvalue weighted by Crippen LogP contribution is 2.20. The summed E-state index contributed by atoms with van der Waals surface area (Å²) in [6.45, 7) is 1.07. The van der Waals surface area contributed by atoms with Crippen molar-refractivity contribution >= 4 is 33.1 Å². The molecule has 1 aromatic heterocycles. The molecule has 1 unspecified atom stereocenters. The summed E-state index contributed by atoms with van der Waals surface area (Å²) in [5.41, 5.74) is 2.28. The number of para-hydroxylation sites is 1. The lowest BCUT2D eigenvalue weighted by Gasteiger charge is -2.12. The van der Waals surface area contributed by atoms with Crippen LogP contribution >= 0.6 is 11.3 Å². The highest BCUT2D eigenvalue weighted by Gasteiger charge is 2.13. The Balaban J connectivity index is 1.56. The number of carbonyl (C=O) groups excluding carboxylic acids is 1. The number of thiazole rings is 1. The second kappa shape index (κ2) is 7.21. The topological polar surface area (TPSA) is 70.2 Å². The molecule has 0 bridgehead atoms. The van der Waals surface area contributed by atoms with E-state index in [1.165, 1.54) is 4.70 Å². The van der Waals surface area contributed by atoms with Crippen LogP contribution in [0.15, 0.2) is 48.5 Å². The molecule has 1 heterocycles. The van der Waals surface area contributed by atoms with Gasteiger partial charge in [-0.25, -0.2) is 4.98 Å². The van der Waals surface area contributed by atoms with Gasteiger partial charge in [0.15, 0.2) is 6.54 Å². The Morgan fingerprint density at radius 1 is 1.25 bits per heavy atom. The first-order valence-electron chi connectivity index (χ1n) is 7.60. The van der Waals surface area contributed by atoms with Gasteiger partial charge in [0, 0.05) is 5.69 Å². The molecule has 6 heteroatoms. The van der Waals surface area contributed by atoms with Gasteiger partial charge in [-0.2, -0.15) is 5.26 Å². The predicted molar refractivity (Wildman–Crippen MR) is 94.9 cm³/mol. The lowest BCUT2D eigenvalue weighted by molar-refractivity contribution is -0.885. The lowest BCUT2D eigenvalue weighted by atomic mass is 10.2. The van der Waals surface area contributed by atoms with Crippen LogP contribution < -0.4 is 10.2 Å². The first-order valence-corrected chi connectivity index (χ1v) is 8.41. The Bertz CT molecular complexity index is 862. The van der Waals surface area contributed by atoms with E-state index in [4.69, 9.17) is 5.26 Å². The molecule has 5 nitrogen and oxygen atoms in total. The van der Waals surface area contributed by atoms with E-state index in [1.807, 2.05) is 25.2 Å². The summed E-state index contributed by atoms with van der Waals surface area (Å²) < 4.78 is 1.17. The van der Waals surface area contributed by atoms with Gasteiger partial charge in [-0.15, -0.1) is 11.3 Å². The molecule has 0 aliphatic carbocycles. The third kappa shape index (κ3) is 3.96. The van der Waals surface area contributed by atoms with Gasteiger partial charge in [0.05, 0.1) is 28.9 Å². The molecule has 3 aromatic rings. The fraction of sp³-hybridized carbons (Fsp3) is 0.167. The van der Waals surface area contributed by atoms with Crippen molar-refractivity contribution in [1.29, 1.82) is 5.26 Å². The summed E-state index contributed by atoms with van der Waals surface area (Å²) in [4.78, 5) is 17.8. The van der Waals surface area contributed by atoms with Crippen LogP contribution in [0.1, 0.15) is 10.6 Å². The number of likely N-dealkylation sites (N-methyl/N-ethyl adjacent to an activating group) is 1. The lowest BCUT2D eigenvalue weighted by Crippen LogP contribution is -3.08. The van der Waals surface area contributed by atoms with E-state index in [2.05, 4.69) is 22.4 Å². The summed E-state index contributed by atoms with van der Waals surface area (Å²) in [5, 5.41) is 12.7. The normalized spacial score (nSPS) is 11.8. The van der Waals surface area contributed by atoms with E-state index in [0.717, 1.165) is 15.4 Å². The molecule has 24 heavy (non-hydrogen) atoms. The maximum Gasteiger partial charge on any atom is 0.279 e. The van der Waals surface area contributed by atoms with Crippen molar-refractivity contribution in [2.75, 3.05) is 18.9 Å². The quantitative estimate of drug-likeness (QED) is 0.746. The number of nitrogens with one attached hydrogen (secondary N) is 2. The largest absolute Gasteiger partial charge is 0.324 e. The van der Waals surface area contributed by atoms with Crippen LogP contribution in [0.4, 0.5) is 5.69 Å². The molecule has 1 atom stereocenters. The number of anilines is 1. The first-order chi connectivity index (χ1) is 11.6. The molecule has 0 aliphatic heterocycles. The van der Waals surface area contributed by atoms with E-state index in [-0.39, 0.29) is 5.91 Å². The van der Waals surface area contributed by atoms with Gasteiger partial charge in [0.25, 0.3) is 5.91 Å². The van der Waals surface area contributed by atoms with Crippen LogP contribution in [0.2, 0.25) is 0 Å². The van der Waals surface area contributed by atoms with Gasteiger partial charge in [-0.05, 0) is 36.4 Å². The summed E-state index contributed by atoms with van der Waals surface area (Å²) in [7, 11) is 1.98. The predicted octanol–water partition coefficient (Wildman–Crippen LogP) is 1.82. The second-order valence-electron chi connectivity index (χ2n) is 5.62. The minimum Gasteiger partial charge on any atom is -0.324 e. The highest BCUT2D eigenvalue weighted by molar-refractivity contribution is 7.18. The standard InChI is InChI=1S/C18H16N4OS/c1-22(12-18-21-15-4-2-3-5-16(15)24-18)11-17(23)20-14-8-6-13(10-19)7-9-14/h2-9H,11-12H2,1H3,(H,20,23)/p+1. The molecular formula is C18H17N4OS+. The highest BCUT2D eigenvalue weighted by atomic mass is 32.1. The Hall–Kier alpha value is -2.75. The molecule has 0 radical (unpaired) electrons. The van der Waals surface area contributed by atoms with Crippen LogP contribution in [0.25, 0.3) is 10.2 Å². The molecule has 0 saturated heterocycles. The number of nitrogens with zero attached hydrogens (tertiary/aromatic N) is 2. The fourth-order valence-corrected chi connectivity index (χ4v) is 3.50. The van der Waals surface area contributed by atoms with E-state index >= 15 is 0 Å². The zero-order valence-electron chi connectivity index (χ0n) is 13.2. The Morgan fingerprint density at radius 2 is 2.00 bits per heavy atom. The average molecular weight is 337 g/mol. The molecule has 2 aromatic carbocycles. The van der Waals surface area contributed by atoms with Crippen LogP contribution in [-0.2, 0) is 11.3 Å². The van der Waals surface area contributed by atoms with Crippen molar-refractivity contribution < 1.29 is 9.69 Å². The van der Waals surface area contributed by atoms with Gasteiger partial charge >= 0.3 is 0 Å². The van der Waals surface area contributed by atoms with Gasteiger partial charge in [0.1, 0.15) is 11.6 Å². The molecule has 0 saturated carbocycles. The minimum absolute atomic E-state index is 0.0571. The molecule has 0 fully saturated rings. The SMILES string of the molecule is C[NH+](CC(=O)Nc1ccc(C#N)cc1)Cc1nc2ccccc2s1. The number of amides is 1. The van der Waals surface area contributed by atoms with E-state index in [0.29, 0.717) is 24.3 Å². The number of quaternary nitrogens is 1. The van der Waals surface area contributed by atoms with Gasteiger partial charge in [-0.3, -0.25) is 4.79 Å². The van der Waals surface area contributed by atoms with Crippen molar-refractivity contribution in [3.63, 3.8) is 0 Å². The number of hydrogen-bond donors (Lipinski definition) is 2. The van der Waals surface area contributed by atoms with E-state index in [1.54, 1.807) is 35.6 Å². The summed E-state index contributed by atoms with van der Waals surface area (Å²) >= 11 is 1.67. The molecule has 1 amide bonds. The molecular weight excluding hydrogens is 320 g/mol. The Labute approximate surface area is 144 Å².